The molecule has 8 nitrogen and oxygen atoms in total. The normalized spacial score (nSPS) is 30.3. The maximum Gasteiger partial charge on any atom is 0.303 e. The Morgan fingerprint density at radius 3 is 1.89 bits per heavy atom. The van der Waals surface area contributed by atoms with E-state index < -0.39 is 42.5 Å². The lowest BCUT2D eigenvalue weighted by Crippen LogP contribution is -2.57. The van der Waals surface area contributed by atoms with Gasteiger partial charge in [-0.3, -0.25) is 14.4 Å². The minimum Gasteiger partial charge on any atom is -0.456 e. The zero-order valence-electron chi connectivity index (χ0n) is 10.8. The molecule has 0 saturated carbocycles. The second kappa shape index (κ2) is 6.48. The van der Waals surface area contributed by atoms with Gasteiger partial charge >= 0.3 is 17.9 Å². The molecule has 0 aromatic heterocycles. The average molecular weight is 276 g/mol. The topological polar surface area (TPSA) is 108 Å². The van der Waals surface area contributed by atoms with Crippen LogP contribution in [-0.4, -0.2) is 54.2 Å². The van der Waals surface area contributed by atoms with Crippen LogP contribution in [0.3, 0.4) is 0 Å². The van der Waals surface area contributed by atoms with Gasteiger partial charge in [0.25, 0.3) is 0 Å². The van der Waals surface area contributed by atoms with Crippen molar-refractivity contribution in [2.45, 2.75) is 45.4 Å². The van der Waals surface area contributed by atoms with Crippen LogP contribution in [0.1, 0.15) is 20.8 Å². The van der Waals surface area contributed by atoms with E-state index in [1.807, 2.05) is 0 Å². The van der Waals surface area contributed by atoms with Gasteiger partial charge in [0.15, 0.2) is 24.6 Å². The predicted molar refractivity (Wildman–Crippen MR) is 58.6 cm³/mol. The van der Waals surface area contributed by atoms with Gasteiger partial charge in [0.2, 0.25) is 0 Å². The van der Waals surface area contributed by atoms with Gasteiger partial charge in [-0.15, -0.1) is 0 Å². The molecule has 1 saturated heterocycles. The van der Waals surface area contributed by atoms with Crippen LogP contribution in [0.25, 0.3) is 0 Å². The molecule has 0 aromatic rings. The van der Waals surface area contributed by atoms with Crippen molar-refractivity contribution in [3.63, 3.8) is 0 Å². The molecule has 0 amide bonds. The second-order valence-corrected chi connectivity index (χ2v) is 4.02. The Morgan fingerprint density at radius 2 is 1.42 bits per heavy atom. The zero-order valence-corrected chi connectivity index (χ0v) is 10.8. The number of ether oxygens (including phenoxy) is 4. The standard InChI is InChI=1S/C11H16O8/c1-5(12)17-8-4-16-11(15)10(19-7(3)14)9(8)18-6(2)13/h8-11,15H,4H2,1-3H3/t8-,9+,10+,11-/m1/s1. The third-order valence-corrected chi connectivity index (χ3v) is 2.32. The highest BCUT2D eigenvalue weighted by molar-refractivity contribution is 5.68. The maximum atomic E-state index is 11.1. The fourth-order valence-corrected chi connectivity index (χ4v) is 1.72. The van der Waals surface area contributed by atoms with E-state index in [9.17, 15) is 19.5 Å². The van der Waals surface area contributed by atoms with Crippen LogP contribution in [-0.2, 0) is 33.3 Å². The molecule has 4 atom stereocenters. The smallest absolute Gasteiger partial charge is 0.303 e. The van der Waals surface area contributed by atoms with Crippen LogP contribution in [0.15, 0.2) is 0 Å². The summed E-state index contributed by atoms with van der Waals surface area (Å²) < 4.78 is 19.6. The summed E-state index contributed by atoms with van der Waals surface area (Å²) in [7, 11) is 0. The molecule has 0 unspecified atom stereocenters. The van der Waals surface area contributed by atoms with Gasteiger partial charge in [0.05, 0.1) is 6.61 Å². The second-order valence-electron chi connectivity index (χ2n) is 4.02. The Hall–Kier alpha value is -1.67. The number of esters is 3. The van der Waals surface area contributed by atoms with Crippen molar-refractivity contribution in [3.05, 3.63) is 0 Å². The summed E-state index contributed by atoms with van der Waals surface area (Å²) in [6.07, 6.45) is -4.78. The number of carbonyl (C=O) groups is 3. The Labute approximate surface area is 109 Å². The molecule has 0 radical (unpaired) electrons. The third-order valence-electron chi connectivity index (χ3n) is 2.32. The lowest BCUT2D eigenvalue weighted by molar-refractivity contribution is -0.267. The molecule has 1 N–H and O–H groups in total. The lowest BCUT2D eigenvalue weighted by Gasteiger charge is -2.38. The monoisotopic (exact) mass is 276 g/mol. The van der Waals surface area contributed by atoms with E-state index in [1.54, 1.807) is 0 Å². The number of rotatable bonds is 3. The first-order valence-corrected chi connectivity index (χ1v) is 5.62. The highest BCUT2D eigenvalue weighted by Gasteiger charge is 2.46. The van der Waals surface area contributed by atoms with E-state index in [1.165, 1.54) is 6.92 Å². The molecule has 0 spiro atoms. The van der Waals surface area contributed by atoms with Gasteiger partial charge in [-0.2, -0.15) is 0 Å². The van der Waals surface area contributed by atoms with Gasteiger partial charge in [-0.1, -0.05) is 0 Å². The molecule has 0 aromatic carbocycles. The molecular formula is C11H16O8. The van der Waals surface area contributed by atoms with Gasteiger partial charge in [-0.25, -0.2) is 0 Å². The Kier molecular flexibility index (Phi) is 5.25. The van der Waals surface area contributed by atoms with Crippen molar-refractivity contribution in [1.29, 1.82) is 0 Å². The van der Waals surface area contributed by atoms with Crippen molar-refractivity contribution < 1.29 is 38.4 Å². The summed E-state index contributed by atoms with van der Waals surface area (Å²) in [4.78, 5) is 33.0. The highest BCUT2D eigenvalue weighted by Crippen LogP contribution is 2.23. The van der Waals surface area contributed by atoms with Crippen LogP contribution in [0.5, 0.6) is 0 Å². The van der Waals surface area contributed by atoms with Gasteiger partial charge < -0.3 is 24.1 Å². The maximum absolute atomic E-state index is 11.1. The summed E-state index contributed by atoms with van der Waals surface area (Å²) in [6, 6.07) is 0. The molecule has 1 rings (SSSR count). The van der Waals surface area contributed by atoms with E-state index in [0.717, 1.165) is 13.8 Å². The number of aliphatic hydroxyl groups is 1. The summed E-state index contributed by atoms with van der Waals surface area (Å²) >= 11 is 0. The molecule has 0 aliphatic carbocycles. The van der Waals surface area contributed by atoms with Crippen molar-refractivity contribution >= 4 is 17.9 Å². The van der Waals surface area contributed by atoms with Gasteiger partial charge in [0.1, 0.15) is 0 Å². The Morgan fingerprint density at radius 1 is 0.947 bits per heavy atom. The van der Waals surface area contributed by atoms with E-state index in [4.69, 9.17) is 18.9 Å². The summed E-state index contributed by atoms with van der Waals surface area (Å²) in [5.74, 6) is -1.95. The van der Waals surface area contributed by atoms with Crippen LogP contribution in [0, 0.1) is 0 Å². The fourth-order valence-electron chi connectivity index (χ4n) is 1.72. The first kappa shape index (κ1) is 15.4. The van der Waals surface area contributed by atoms with E-state index in [0.29, 0.717) is 0 Å². The van der Waals surface area contributed by atoms with Crippen molar-refractivity contribution in [2.24, 2.45) is 0 Å². The first-order chi connectivity index (χ1) is 8.81. The molecule has 1 aliphatic rings. The van der Waals surface area contributed by atoms with Crippen LogP contribution >= 0.6 is 0 Å². The molecule has 1 heterocycles. The molecular weight excluding hydrogens is 260 g/mol. The first-order valence-electron chi connectivity index (χ1n) is 5.62. The van der Waals surface area contributed by atoms with E-state index in [-0.39, 0.29) is 6.61 Å². The minimum atomic E-state index is -1.46. The fraction of sp³-hybridized carbons (Fsp3) is 0.727. The summed E-state index contributed by atoms with van der Waals surface area (Å²) in [5.41, 5.74) is 0. The van der Waals surface area contributed by atoms with Crippen LogP contribution in [0.2, 0.25) is 0 Å². The summed E-state index contributed by atoms with van der Waals surface area (Å²) in [6.45, 7) is 3.29. The van der Waals surface area contributed by atoms with Gasteiger partial charge in [-0.05, 0) is 0 Å². The van der Waals surface area contributed by atoms with Crippen molar-refractivity contribution in [2.75, 3.05) is 6.61 Å². The largest absolute Gasteiger partial charge is 0.456 e. The SMILES string of the molecule is CC(=O)O[C@@H]1[C@H](OC(C)=O)[C@H](O)OC[C@H]1OC(C)=O. The molecule has 19 heavy (non-hydrogen) atoms. The van der Waals surface area contributed by atoms with E-state index in [2.05, 4.69) is 0 Å². The minimum absolute atomic E-state index is 0.170. The number of aliphatic hydroxyl groups excluding tert-OH is 1. The van der Waals surface area contributed by atoms with Crippen LogP contribution in [0.4, 0.5) is 0 Å². The van der Waals surface area contributed by atoms with E-state index >= 15 is 0 Å². The number of carbonyl (C=O) groups excluding carboxylic acids is 3. The molecule has 108 valence electrons. The lowest BCUT2D eigenvalue weighted by atomic mass is 10.0. The Bertz CT molecular complexity index is 366. The third kappa shape index (κ3) is 4.49. The molecule has 0 bridgehead atoms. The summed E-state index contributed by atoms with van der Waals surface area (Å²) in [5, 5.41) is 9.62. The number of hydrogen-bond donors (Lipinski definition) is 1. The average Bonchev–Trinajstić information content (AvgIpc) is 2.25. The number of hydrogen-bond acceptors (Lipinski definition) is 8. The molecule has 1 fully saturated rings. The quantitative estimate of drug-likeness (QED) is 0.523. The highest BCUT2D eigenvalue weighted by atomic mass is 16.7. The molecule has 8 heteroatoms. The van der Waals surface area contributed by atoms with Crippen molar-refractivity contribution in [3.8, 4) is 0 Å². The molecule has 1 aliphatic heterocycles. The zero-order chi connectivity index (χ0) is 14.6. The predicted octanol–water partition coefficient (Wildman–Crippen LogP) is -0.870. The van der Waals surface area contributed by atoms with Gasteiger partial charge in [0, 0.05) is 20.8 Å². The van der Waals surface area contributed by atoms with Crippen LogP contribution < -0.4 is 0 Å². The van der Waals surface area contributed by atoms with Crippen molar-refractivity contribution in [1.82, 2.24) is 0 Å². The Balaban J connectivity index is 2.89.